The number of carbonyl (C=O) groups excluding carboxylic acids is 1. The monoisotopic (exact) mass is 379 g/mol. The maximum Gasteiger partial charge on any atom is 0.239 e. The van der Waals surface area contributed by atoms with E-state index in [4.69, 9.17) is 5.73 Å². The molecule has 28 heavy (non-hydrogen) atoms. The van der Waals surface area contributed by atoms with E-state index in [1.54, 1.807) is 10.9 Å². The van der Waals surface area contributed by atoms with Crippen molar-refractivity contribution in [1.82, 2.24) is 24.6 Å². The minimum absolute atomic E-state index is 0.00824. The van der Waals surface area contributed by atoms with Gasteiger partial charge in [0.1, 0.15) is 11.6 Å². The summed E-state index contributed by atoms with van der Waals surface area (Å²) in [7, 11) is 1.88. The van der Waals surface area contributed by atoms with Crippen LogP contribution in [0.2, 0.25) is 0 Å². The lowest BCUT2D eigenvalue weighted by atomic mass is 10.1. The Balaban J connectivity index is 1.43. The van der Waals surface area contributed by atoms with Crippen molar-refractivity contribution in [3.63, 3.8) is 0 Å². The van der Waals surface area contributed by atoms with Gasteiger partial charge in [-0.1, -0.05) is 30.3 Å². The van der Waals surface area contributed by atoms with Crippen LogP contribution in [-0.4, -0.2) is 62.8 Å². The SMILES string of the molecule is Cc1nc(N2CCN(C(=O)C(N)Cc3ccccc3)CC2)c2cnn(C)c2n1. The standard InChI is InChI=1S/C20H25N7O/c1-14-23-18-16(13-22-25(18)2)19(24-14)26-8-10-27(11-9-26)20(28)17(21)12-15-6-4-3-5-7-15/h3-7,13,17H,8-12,21H2,1-2H3. The molecule has 0 bridgehead atoms. The number of aryl methyl sites for hydroxylation is 2. The number of amides is 1. The minimum atomic E-state index is -0.514. The molecule has 1 aromatic carbocycles. The van der Waals surface area contributed by atoms with Gasteiger partial charge < -0.3 is 15.5 Å². The van der Waals surface area contributed by atoms with Crippen molar-refractivity contribution in [2.24, 2.45) is 12.8 Å². The van der Waals surface area contributed by atoms with Crippen molar-refractivity contribution >= 4 is 22.8 Å². The van der Waals surface area contributed by atoms with Gasteiger partial charge in [0, 0.05) is 33.2 Å². The zero-order chi connectivity index (χ0) is 19.7. The first-order valence-electron chi connectivity index (χ1n) is 9.52. The number of carbonyl (C=O) groups is 1. The second-order valence-electron chi connectivity index (χ2n) is 7.21. The normalized spacial score (nSPS) is 15.8. The molecule has 1 aliphatic rings. The number of hydrogen-bond acceptors (Lipinski definition) is 6. The lowest BCUT2D eigenvalue weighted by Crippen LogP contribution is -2.53. The van der Waals surface area contributed by atoms with Gasteiger partial charge in [0.05, 0.1) is 17.6 Å². The largest absolute Gasteiger partial charge is 0.352 e. The smallest absolute Gasteiger partial charge is 0.239 e. The average molecular weight is 379 g/mol. The third kappa shape index (κ3) is 3.55. The predicted octanol–water partition coefficient (Wildman–Crippen LogP) is 0.890. The lowest BCUT2D eigenvalue weighted by molar-refractivity contribution is -0.132. The molecule has 1 saturated heterocycles. The molecule has 8 nitrogen and oxygen atoms in total. The Morgan fingerprint density at radius 1 is 1.14 bits per heavy atom. The van der Waals surface area contributed by atoms with E-state index >= 15 is 0 Å². The summed E-state index contributed by atoms with van der Waals surface area (Å²) in [5, 5.41) is 5.24. The van der Waals surface area contributed by atoms with Crippen molar-refractivity contribution in [3.8, 4) is 0 Å². The molecule has 3 heterocycles. The van der Waals surface area contributed by atoms with E-state index in [0.29, 0.717) is 32.6 Å². The third-order valence-electron chi connectivity index (χ3n) is 5.19. The van der Waals surface area contributed by atoms with Crippen molar-refractivity contribution in [2.75, 3.05) is 31.1 Å². The predicted molar refractivity (Wildman–Crippen MR) is 108 cm³/mol. The number of hydrogen-bond donors (Lipinski definition) is 1. The zero-order valence-electron chi connectivity index (χ0n) is 16.2. The molecule has 4 rings (SSSR count). The number of rotatable bonds is 4. The van der Waals surface area contributed by atoms with Crippen LogP contribution in [0.4, 0.5) is 5.82 Å². The van der Waals surface area contributed by atoms with Crippen LogP contribution in [0.1, 0.15) is 11.4 Å². The van der Waals surface area contributed by atoms with Crippen LogP contribution in [0.15, 0.2) is 36.5 Å². The summed E-state index contributed by atoms with van der Waals surface area (Å²) >= 11 is 0. The van der Waals surface area contributed by atoms with E-state index < -0.39 is 6.04 Å². The van der Waals surface area contributed by atoms with Crippen LogP contribution in [0.5, 0.6) is 0 Å². The Bertz CT molecular complexity index is 977. The molecule has 1 unspecified atom stereocenters. The Morgan fingerprint density at radius 2 is 1.86 bits per heavy atom. The van der Waals surface area contributed by atoms with Crippen molar-refractivity contribution in [3.05, 3.63) is 47.9 Å². The van der Waals surface area contributed by atoms with Gasteiger partial charge in [-0.15, -0.1) is 0 Å². The van der Waals surface area contributed by atoms with Crippen LogP contribution in [0, 0.1) is 6.92 Å². The summed E-state index contributed by atoms with van der Waals surface area (Å²) < 4.78 is 1.76. The van der Waals surface area contributed by atoms with Gasteiger partial charge >= 0.3 is 0 Å². The van der Waals surface area contributed by atoms with Crippen molar-refractivity contribution < 1.29 is 4.79 Å². The average Bonchev–Trinajstić information content (AvgIpc) is 3.08. The topological polar surface area (TPSA) is 93.2 Å². The first kappa shape index (κ1) is 18.4. The number of anilines is 1. The quantitative estimate of drug-likeness (QED) is 0.724. The van der Waals surface area contributed by atoms with Gasteiger partial charge in [-0.05, 0) is 18.9 Å². The van der Waals surface area contributed by atoms with Crippen LogP contribution in [0.3, 0.4) is 0 Å². The number of piperazine rings is 1. The molecule has 2 aromatic heterocycles. The zero-order valence-corrected chi connectivity index (χ0v) is 16.2. The fourth-order valence-electron chi connectivity index (χ4n) is 3.68. The van der Waals surface area contributed by atoms with Crippen LogP contribution in [0.25, 0.3) is 11.0 Å². The summed E-state index contributed by atoms with van der Waals surface area (Å²) in [5.41, 5.74) is 8.09. The van der Waals surface area contributed by atoms with Gasteiger partial charge in [-0.25, -0.2) is 9.97 Å². The fraction of sp³-hybridized carbons (Fsp3) is 0.400. The van der Waals surface area contributed by atoms with Gasteiger partial charge in [0.2, 0.25) is 5.91 Å². The maximum atomic E-state index is 12.8. The molecule has 1 atom stereocenters. The van der Waals surface area contributed by atoms with E-state index in [-0.39, 0.29) is 5.91 Å². The fourth-order valence-corrected chi connectivity index (χ4v) is 3.68. The van der Waals surface area contributed by atoms with Crippen molar-refractivity contribution in [2.45, 2.75) is 19.4 Å². The molecule has 0 aliphatic carbocycles. The van der Waals surface area contributed by atoms with Gasteiger partial charge in [0.25, 0.3) is 0 Å². The summed E-state index contributed by atoms with van der Waals surface area (Å²) in [6.45, 7) is 4.57. The number of aromatic nitrogens is 4. The first-order chi connectivity index (χ1) is 13.5. The summed E-state index contributed by atoms with van der Waals surface area (Å²) in [6.07, 6.45) is 2.36. The molecule has 146 valence electrons. The molecule has 1 amide bonds. The Labute approximate surface area is 164 Å². The lowest BCUT2D eigenvalue weighted by Gasteiger charge is -2.36. The molecule has 1 fully saturated rings. The highest BCUT2D eigenvalue weighted by molar-refractivity contribution is 5.87. The van der Waals surface area contributed by atoms with E-state index in [1.165, 1.54) is 0 Å². The van der Waals surface area contributed by atoms with Gasteiger partial charge in [-0.2, -0.15) is 5.10 Å². The first-order valence-corrected chi connectivity index (χ1v) is 9.52. The van der Waals surface area contributed by atoms with Crippen LogP contribution < -0.4 is 10.6 Å². The Kier molecular flexibility index (Phi) is 4.95. The van der Waals surface area contributed by atoms with Crippen LogP contribution >= 0.6 is 0 Å². The molecule has 8 heteroatoms. The molecule has 0 saturated carbocycles. The van der Waals surface area contributed by atoms with E-state index in [0.717, 1.165) is 28.2 Å². The molecule has 2 N–H and O–H groups in total. The maximum absolute atomic E-state index is 12.8. The molecule has 3 aromatic rings. The van der Waals surface area contributed by atoms with E-state index in [1.807, 2.05) is 49.2 Å². The van der Waals surface area contributed by atoms with Gasteiger partial charge in [-0.3, -0.25) is 9.48 Å². The number of fused-ring (bicyclic) bond motifs is 1. The second-order valence-corrected chi connectivity index (χ2v) is 7.21. The summed E-state index contributed by atoms with van der Waals surface area (Å²) in [5.74, 6) is 1.61. The van der Waals surface area contributed by atoms with Gasteiger partial charge in [0.15, 0.2) is 5.65 Å². The third-order valence-corrected chi connectivity index (χ3v) is 5.19. The number of benzene rings is 1. The molecule has 0 radical (unpaired) electrons. The minimum Gasteiger partial charge on any atom is -0.352 e. The van der Waals surface area contributed by atoms with Crippen LogP contribution in [-0.2, 0) is 18.3 Å². The molecule has 0 spiro atoms. The Morgan fingerprint density at radius 3 is 2.57 bits per heavy atom. The molecular weight excluding hydrogens is 354 g/mol. The number of nitrogens with two attached hydrogens (primary N) is 1. The highest BCUT2D eigenvalue weighted by Gasteiger charge is 2.27. The highest BCUT2D eigenvalue weighted by atomic mass is 16.2. The Hall–Kier alpha value is -3.00. The van der Waals surface area contributed by atoms with Crippen molar-refractivity contribution in [1.29, 1.82) is 0 Å². The van der Waals surface area contributed by atoms with E-state index in [2.05, 4.69) is 20.0 Å². The molecular formula is C20H25N7O. The van der Waals surface area contributed by atoms with E-state index in [9.17, 15) is 4.79 Å². The highest BCUT2D eigenvalue weighted by Crippen LogP contribution is 2.24. The second kappa shape index (κ2) is 7.55. The summed E-state index contributed by atoms with van der Waals surface area (Å²) in [4.78, 5) is 25.9. The number of nitrogens with zero attached hydrogens (tertiary/aromatic N) is 6. The summed E-state index contributed by atoms with van der Waals surface area (Å²) in [6, 6.07) is 9.39. The molecule has 1 aliphatic heterocycles.